The molecular weight excluding hydrogens is 407 g/mol. The molecule has 0 bridgehead atoms. The minimum atomic E-state index is -0.855. The van der Waals surface area contributed by atoms with E-state index < -0.39 is 23.2 Å². The minimum absolute atomic E-state index is 0.341. The average molecular weight is 422 g/mol. The summed E-state index contributed by atoms with van der Waals surface area (Å²) in [4.78, 5) is 12.0. The van der Waals surface area contributed by atoms with Gasteiger partial charge in [-0.15, -0.1) is 0 Å². The fourth-order valence-electron chi connectivity index (χ4n) is 2.57. The number of amides is 1. The van der Waals surface area contributed by atoms with Gasteiger partial charge in [0.15, 0.2) is 0 Å². The Hall–Kier alpha value is -2.70. The number of carbonyl (C=O) groups is 1. The van der Waals surface area contributed by atoms with Crippen molar-refractivity contribution in [2.75, 3.05) is 5.32 Å². The number of hydrogen-bond acceptors (Lipinski definition) is 2. The van der Waals surface area contributed by atoms with Crippen molar-refractivity contribution in [2.24, 2.45) is 0 Å². The summed E-state index contributed by atoms with van der Waals surface area (Å²) in [5.41, 5.74) is 1.61. The van der Waals surface area contributed by atoms with Gasteiger partial charge in [-0.3, -0.25) is 4.79 Å². The number of nitrogens with zero attached hydrogens (tertiary/aromatic N) is 2. The normalized spacial score (nSPS) is 11.2. The van der Waals surface area contributed by atoms with Gasteiger partial charge >= 0.3 is 0 Å². The summed E-state index contributed by atoms with van der Waals surface area (Å²) < 4.78 is 28.8. The molecule has 0 radical (unpaired) electrons. The molecule has 0 unspecified atom stereocenters. The second-order valence-electron chi connectivity index (χ2n) is 5.99. The quantitative estimate of drug-likeness (QED) is 0.554. The lowest BCUT2D eigenvalue weighted by molar-refractivity contribution is -0.111. The van der Waals surface area contributed by atoms with Crippen LogP contribution in [0.2, 0.25) is 10.2 Å². The number of anilines is 1. The summed E-state index contributed by atoms with van der Waals surface area (Å²) in [5, 5.41) is 7.52. The predicted molar refractivity (Wildman–Crippen MR) is 107 cm³/mol. The number of nitrogens with one attached hydrogen (secondary N) is 1. The van der Waals surface area contributed by atoms with Crippen molar-refractivity contribution >= 4 is 40.9 Å². The molecule has 0 aliphatic carbocycles. The lowest BCUT2D eigenvalue weighted by atomic mass is 10.2. The molecule has 0 fully saturated rings. The summed E-state index contributed by atoms with van der Waals surface area (Å²) >= 11 is 12.3. The van der Waals surface area contributed by atoms with Gasteiger partial charge in [0.05, 0.1) is 12.2 Å². The summed E-state index contributed by atoms with van der Waals surface area (Å²) in [6.45, 7) is 2.18. The van der Waals surface area contributed by atoms with Crippen molar-refractivity contribution in [3.8, 4) is 0 Å². The Bertz CT molecular complexity index is 1030. The Labute approximate surface area is 170 Å². The zero-order valence-electron chi connectivity index (χ0n) is 14.7. The molecule has 1 N–H and O–H groups in total. The van der Waals surface area contributed by atoms with Gasteiger partial charge in [-0.05, 0) is 42.8 Å². The third-order valence-corrected chi connectivity index (χ3v) is 4.62. The first-order chi connectivity index (χ1) is 13.3. The first-order valence-electron chi connectivity index (χ1n) is 8.25. The van der Waals surface area contributed by atoms with Gasteiger partial charge in [0, 0.05) is 16.7 Å². The van der Waals surface area contributed by atoms with Crippen LogP contribution in [-0.2, 0) is 11.3 Å². The zero-order valence-corrected chi connectivity index (χ0v) is 16.2. The second-order valence-corrected chi connectivity index (χ2v) is 6.79. The first-order valence-corrected chi connectivity index (χ1v) is 9.01. The van der Waals surface area contributed by atoms with Crippen molar-refractivity contribution in [1.29, 1.82) is 0 Å². The highest BCUT2D eigenvalue weighted by atomic mass is 35.5. The molecule has 0 aliphatic heterocycles. The first kappa shape index (κ1) is 20.0. The summed E-state index contributed by atoms with van der Waals surface area (Å²) in [6.07, 6.45) is 2.60. The van der Waals surface area contributed by atoms with Crippen LogP contribution in [0.3, 0.4) is 0 Å². The van der Waals surface area contributed by atoms with E-state index in [4.69, 9.17) is 23.2 Å². The molecule has 1 aromatic heterocycles. The second kappa shape index (κ2) is 8.54. The number of aromatic nitrogens is 2. The third-order valence-electron chi connectivity index (χ3n) is 3.97. The van der Waals surface area contributed by atoms with E-state index in [2.05, 4.69) is 10.4 Å². The number of para-hydroxylation sites is 1. The highest BCUT2D eigenvalue weighted by Gasteiger charge is 2.13. The Morgan fingerprint density at radius 3 is 2.43 bits per heavy atom. The number of hydrogen-bond donors (Lipinski definition) is 1. The molecule has 28 heavy (non-hydrogen) atoms. The molecule has 3 rings (SSSR count). The summed E-state index contributed by atoms with van der Waals surface area (Å²) in [6, 6.07) is 10.6. The van der Waals surface area contributed by atoms with Crippen molar-refractivity contribution in [3.63, 3.8) is 0 Å². The van der Waals surface area contributed by atoms with E-state index in [1.54, 1.807) is 23.7 Å². The van der Waals surface area contributed by atoms with E-state index in [9.17, 15) is 13.6 Å². The predicted octanol–water partition coefficient (Wildman–Crippen LogP) is 5.48. The van der Waals surface area contributed by atoms with Crippen LogP contribution in [0.25, 0.3) is 6.08 Å². The van der Waals surface area contributed by atoms with E-state index in [0.29, 0.717) is 28.0 Å². The fraction of sp³-hybridized carbons (Fsp3) is 0.100. The van der Waals surface area contributed by atoms with Crippen LogP contribution in [-0.4, -0.2) is 15.7 Å². The molecule has 0 spiro atoms. The maximum atomic E-state index is 13.6. The largest absolute Gasteiger partial charge is 0.318 e. The van der Waals surface area contributed by atoms with Gasteiger partial charge in [0.25, 0.3) is 0 Å². The van der Waals surface area contributed by atoms with Gasteiger partial charge in [-0.2, -0.15) is 5.10 Å². The molecule has 144 valence electrons. The molecule has 1 amide bonds. The number of rotatable bonds is 5. The molecule has 8 heteroatoms. The van der Waals surface area contributed by atoms with Gasteiger partial charge in [0.1, 0.15) is 22.5 Å². The number of carbonyl (C=O) groups excluding carboxylic acids is 1. The smallest absolute Gasteiger partial charge is 0.248 e. The van der Waals surface area contributed by atoms with Crippen LogP contribution < -0.4 is 5.32 Å². The van der Waals surface area contributed by atoms with Gasteiger partial charge in [-0.25, -0.2) is 13.5 Å². The van der Waals surface area contributed by atoms with Gasteiger partial charge in [-0.1, -0.05) is 41.4 Å². The standard InChI is InChI=1S/C20H15Cl2F2N3O/c1-12-15(9-10-18(28)25-19-16(23)3-2-4-17(19)24)20(22)27(26-12)11-13-5-7-14(21)8-6-13/h2-10H,11H2,1H3,(H,25,28)/b10-9+. The Morgan fingerprint density at radius 2 is 1.79 bits per heavy atom. The van der Waals surface area contributed by atoms with E-state index in [1.165, 1.54) is 12.1 Å². The van der Waals surface area contributed by atoms with Gasteiger partial charge < -0.3 is 5.32 Å². The lowest BCUT2D eigenvalue weighted by Gasteiger charge is -2.05. The van der Waals surface area contributed by atoms with E-state index in [0.717, 1.165) is 23.8 Å². The lowest BCUT2D eigenvalue weighted by Crippen LogP contribution is -2.10. The Morgan fingerprint density at radius 1 is 1.14 bits per heavy atom. The molecule has 0 aliphatic rings. The maximum absolute atomic E-state index is 13.6. The Balaban J connectivity index is 1.76. The highest BCUT2D eigenvalue weighted by Crippen LogP contribution is 2.23. The molecule has 4 nitrogen and oxygen atoms in total. The third kappa shape index (κ3) is 4.58. The van der Waals surface area contributed by atoms with E-state index in [1.807, 2.05) is 12.1 Å². The topological polar surface area (TPSA) is 46.9 Å². The average Bonchev–Trinajstić information content (AvgIpc) is 2.92. The van der Waals surface area contributed by atoms with Crippen molar-refractivity contribution < 1.29 is 13.6 Å². The van der Waals surface area contributed by atoms with Crippen LogP contribution >= 0.6 is 23.2 Å². The fourth-order valence-corrected chi connectivity index (χ4v) is 2.99. The number of benzene rings is 2. The SMILES string of the molecule is Cc1nn(Cc2ccc(Cl)cc2)c(Cl)c1/C=C/C(=O)Nc1c(F)cccc1F. The van der Waals surface area contributed by atoms with Crippen molar-refractivity contribution in [1.82, 2.24) is 9.78 Å². The molecule has 0 atom stereocenters. The number of aryl methyl sites for hydroxylation is 1. The number of halogens is 4. The van der Waals surface area contributed by atoms with E-state index in [-0.39, 0.29) is 0 Å². The van der Waals surface area contributed by atoms with Gasteiger partial charge in [0.2, 0.25) is 5.91 Å². The van der Waals surface area contributed by atoms with Crippen LogP contribution in [0.15, 0.2) is 48.5 Å². The monoisotopic (exact) mass is 421 g/mol. The van der Waals surface area contributed by atoms with Crippen LogP contribution in [0.1, 0.15) is 16.8 Å². The van der Waals surface area contributed by atoms with Crippen molar-refractivity contribution in [2.45, 2.75) is 13.5 Å². The molecule has 0 saturated heterocycles. The highest BCUT2D eigenvalue weighted by molar-refractivity contribution is 6.31. The Kier molecular flexibility index (Phi) is 6.11. The van der Waals surface area contributed by atoms with Crippen LogP contribution in [0.5, 0.6) is 0 Å². The molecule has 3 aromatic rings. The minimum Gasteiger partial charge on any atom is -0.318 e. The van der Waals surface area contributed by atoms with Crippen LogP contribution in [0.4, 0.5) is 14.5 Å². The summed E-state index contributed by atoms with van der Waals surface area (Å²) in [5.74, 6) is -2.40. The molecule has 1 heterocycles. The molecular formula is C20H15Cl2F2N3O. The molecule has 0 saturated carbocycles. The van der Waals surface area contributed by atoms with E-state index >= 15 is 0 Å². The zero-order chi connectivity index (χ0) is 20.3. The van der Waals surface area contributed by atoms with Crippen LogP contribution in [0, 0.1) is 18.6 Å². The summed E-state index contributed by atoms with van der Waals surface area (Å²) in [7, 11) is 0. The maximum Gasteiger partial charge on any atom is 0.248 e. The molecule has 2 aromatic carbocycles. The van der Waals surface area contributed by atoms with Crippen molar-refractivity contribution in [3.05, 3.63) is 87.2 Å².